The van der Waals surface area contributed by atoms with Crippen LogP contribution in [0.2, 0.25) is 10.0 Å². The van der Waals surface area contributed by atoms with Crippen molar-refractivity contribution in [2.45, 2.75) is 26.4 Å². The molecule has 0 spiro atoms. The predicted octanol–water partition coefficient (Wildman–Crippen LogP) is 3.30. The molecule has 0 saturated heterocycles. The molecule has 0 aromatic carbocycles. The maximum Gasteiger partial charge on any atom is 0.0952 e. The number of pyridine rings is 1. The third-order valence-corrected chi connectivity index (χ3v) is 3.49. The number of aromatic nitrogens is 3. The van der Waals surface area contributed by atoms with Crippen LogP contribution in [0.1, 0.15) is 31.3 Å². The number of hydrogen-bond donors (Lipinski definition) is 1. The number of rotatable bonds is 5. The highest BCUT2D eigenvalue weighted by molar-refractivity contribution is 6.32. The van der Waals surface area contributed by atoms with E-state index in [1.807, 2.05) is 30.7 Å². The second-order valence-electron chi connectivity index (χ2n) is 4.05. The molecule has 1 unspecified atom stereocenters. The van der Waals surface area contributed by atoms with Gasteiger partial charge in [0.05, 0.1) is 33.7 Å². The van der Waals surface area contributed by atoms with E-state index in [9.17, 15) is 0 Å². The van der Waals surface area contributed by atoms with Crippen molar-refractivity contribution in [1.82, 2.24) is 20.1 Å². The molecule has 4 nitrogen and oxygen atoms in total. The van der Waals surface area contributed by atoms with Crippen molar-refractivity contribution in [2.24, 2.45) is 0 Å². The van der Waals surface area contributed by atoms with Gasteiger partial charge in [0.15, 0.2) is 0 Å². The van der Waals surface area contributed by atoms with Gasteiger partial charge in [-0.2, -0.15) is 5.10 Å². The van der Waals surface area contributed by atoms with E-state index in [2.05, 4.69) is 15.4 Å². The van der Waals surface area contributed by atoms with Crippen LogP contribution in [0.5, 0.6) is 0 Å². The van der Waals surface area contributed by atoms with Crippen molar-refractivity contribution in [2.75, 3.05) is 6.54 Å². The van der Waals surface area contributed by atoms with Gasteiger partial charge in [-0.1, -0.05) is 30.1 Å². The lowest BCUT2D eigenvalue weighted by atomic mass is 10.1. The quantitative estimate of drug-likeness (QED) is 0.921. The van der Waals surface area contributed by atoms with E-state index in [4.69, 9.17) is 23.2 Å². The van der Waals surface area contributed by atoms with Gasteiger partial charge in [0.25, 0.3) is 0 Å². The van der Waals surface area contributed by atoms with Crippen LogP contribution in [0.15, 0.2) is 24.5 Å². The van der Waals surface area contributed by atoms with Crippen LogP contribution in [0.25, 0.3) is 0 Å². The third kappa shape index (κ3) is 2.91. The first-order chi connectivity index (χ1) is 9.19. The highest BCUT2D eigenvalue weighted by Crippen LogP contribution is 2.30. The standard InChI is InChI=1S/C13H16Cl2N4/c1-3-16-12(11-9(14)6-5-7-17-11)13-10(15)8-18-19(13)4-2/h5-8,12,16H,3-4H2,1-2H3. The molecule has 19 heavy (non-hydrogen) atoms. The average Bonchev–Trinajstić information content (AvgIpc) is 2.78. The Morgan fingerprint density at radius 2 is 2.11 bits per heavy atom. The van der Waals surface area contributed by atoms with E-state index in [-0.39, 0.29) is 6.04 Å². The van der Waals surface area contributed by atoms with Gasteiger partial charge < -0.3 is 5.32 Å². The van der Waals surface area contributed by atoms with Gasteiger partial charge in [-0.25, -0.2) is 0 Å². The zero-order valence-corrected chi connectivity index (χ0v) is 12.4. The molecule has 0 aliphatic heterocycles. The summed E-state index contributed by atoms with van der Waals surface area (Å²) in [6, 6.07) is 3.48. The van der Waals surface area contributed by atoms with Crippen molar-refractivity contribution in [1.29, 1.82) is 0 Å². The predicted molar refractivity (Wildman–Crippen MR) is 77.7 cm³/mol. The Bertz CT molecular complexity index is 553. The Hall–Kier alpha value is -1.10. The second-order valence-corrected chi connectivity index (χ2v) is 4.87. The third-order valence-electron chi connectivity index (χ3n) is 2.87. The van der Waals surface area contributed by atoms with Crippen molar-refractivity contribution in [3.05, 3.63) is 46.0 Å². The van der Waals surface area contributed by atoms with Gasteiger partial charge >= 0.3 is 0 Å². The molecule has 2 aromatic rings. The monoisotopic (exact) mass is 298 g/mol. The van der Waals surface area contributed by atoms with Gasteiger partial charge in [-0.05, 0) is 25.6 Å². The molecule has 1 N–H and O–H groups in total. The SMILES string of the molecule is CCNC(c1ncccc1Cl)c1c(Cl)cnn1CC. The Labute approximate surface area is 122 Å². The van der Waals surface area contributed by atoms with Crippen LogP contribution in [0, 0.1) is 0 Å². The van der Waals surface area contributed by atoms with Gasteiger partial charge in [-0.15, -0.1) is 0 Å². The van der Waals surface area contributed by atoms with Gasteiger partial charge in [0, 0.05) is 12.7 Å². The minimum absolute atomic E-state index is 0.159. The van der Waals surface area contributed by atoms with Crippen molar-refractivity contribution in [3.63, 3.8) is 0 Å². The molecular formula is C13H16Cl2N4. The fourth-order valence-corrected chi connectivity index (χ4v) is 2.53. The summed E-state index contributed by atoms with van der Waals surface area (Å²) in [7, 11) is 0. The summed E-state index contributed by atoms with van der Waals surface area (Å²) in [6.45, 7) is 5.58. The molecule has 0 fully saturated rings. The lowest BCUT2D eigenvalue weighted by Gasteiger charge is -2.20. The van der Waals surface area contributed by atoms with Crippen LogP contribution < -0.4 is 5.32 Å². The van der Waals surface area contributed by atoms with Gasteiger partial charge in [0.2, 0.25) is 0 Å². The maximum absolute atomic E-state index is 6.26. The summed E-state index contributed by atoms with van der Waals surface area (Å²) in [4.78, 5) is 4.38. The summed E-state index contributed by atoms with van der Waals surface area (Å²) >= 11 is 12.5. The summed E-state index contributed by atoms with van der Waals surface area (Å²) in [5.74, 6) is 0. The smallest absolute Gasteiger partial charge is 0.0952 e. The molecule has 1 atom stereocenters. The molecule has 0 bridgehead atoms. The fourth-order valence-electron chi connectivity index (χ4n) is 2.05. The van der Waals surface area contributed by atoms with E-state index in [0.717, 1.165) is 24.5 Å². The van der Waals surface area contributed by atoms with Crippen LogP contribution >= 0.6 is 23.2 Å². The first kappa shape index (κ1) is 14.3. The molecule has 0 amide bonds. The molecule has 6 heteroatoms. The summed E-state index contributed by atoms with van der Waals surface area (Å²) < 4.78 is 1.86. The highest BCUT2D eigenvalue weighted by atomic mass is 35.5. The van der Waals surface area contributed by atoms with Gasteiger partial charge in [0.1, 0.15) is 0 Å². The molecule has 102 valence electrons. The van der Waals surface area contributed by atoms with E-state index in [1.54, 1.807) is 12.4 Å². The first-order valence-corrected chi connectivity index (χ1v) is 6.99. The minimum Gasteiger partial charge on any atom is -0.304 e. The van der Waals surface area contributed by atoms with Crippen LogP contribution in [-0.4, -0.2) is 21.3 Å². The fraction of sp³-hybridized carbons (Fsp3) is 0.385. The average molecular weight is 299 g/mol. The molecule has 2 aromatic heterocycles. The highest BCUT2D eigenvalue weighted by Gasteiger charge is 2.24. The van der Waals surface area contributed by atoms with E-state index < -0.39 is 0 Å². The lowest BCUT2D eigenvalue weighted by molar-refractivity contribution is 0.535. The van der Waals surface area contributed by atoms with E-state index in [0.29, 0.717) is 10.0 Å². The zero-order chi connectivity index (χ0) is 13.8. The lowest BCUT2D eigenvalue weighted by Crippen LogP contribution is -2.26. The Morgan fingerprint density at radius 3 is 2.74 bits per heavy atom. The van der Waals surface area contributed by atoms with Crippen molar-refractivity contribution in [3.8, 4) is 0 Å². The van der Waals surface area contributed by atoms with Crippen LogP contribution in [-0.2, 0) is 6.54 Å². The number of aryl methyl sites for hydroxylation is 1. The number of nitrogens with zero attached hydrogens (tertiary/aromatic N) is 3. The number of nitrogens with one attached hydrogen (secondary N) is 1. The molecular weight excluding hydrogens is 283 g/mol. The number of hydrogen-bond acceptors (Lipinski definition) is 3. The molecule has 0 saturated carbocycles. The molecule has 2 rings (SSSR count). The van der Waals surface area contributed by atoms with E-state index in [1.165, 1.54) is 0 Å². The Morgan fingerprint density at radius 1 is 1.32 bits per heavy atom. The maximum atomic E-state index is 6.26. The zero-order valence-electron chi connectivity index (χ0n) is 10.9. The Kier molecular flexibility index (Phi) is 4.80. The molecule has 0 radical (unpaired) electrons. The number of halogens is 2. The first-order valence-electron chi connectivity index (χ1n) is 6.24. The molecule has 2 heterocycles. The topological polar surface area (TPSA) is 42.7 Å². The molecule has 0 aliphatic carbocycles. The van der Waals surface area contributed by atoms with Crippen LogP contribution in [0.3, 0.4) is 0 Å². The summed E-state index contributed by atoms with van der Waals surface area (Å²) in [5.41, 5.74) is 1.66. The second kappa shape index (κ2) is 6.37. The van der Waals surface area contributed by atoms with Crippen LogP contribution in [0.4, 0.5) is 0 Å². The van der Waals surface area contributed by atoms with Crippen molar-refractivity contribution < 1.29 is 0 Å². The summed E-state index contributed by atoms with van der Waals surface area (Å²) in [5, 5.41) is 8.87. The normalized spacial score (nSPS) is 12.6. The summed E-state index contributed by atoms with van der Waals surface area (Å²) in [6.07, 6.45) is 3.38. The molecule has 0 aliphatic rings. The van der Waals surface area contributed by atoms with Crippen molar-refractivity contribution >= 4 is 23.2 Å². The Balaban J connectivity index is 2.51. The van der Waals surface area contributed by atoms with Gasteiger partial charge in [-0.3, -0.25) is 9.67 Å². The minimum atomic E-state index is -0.159. The largest absolute Gasteiger partial charge is 0.304 e. The van der Waals surface area contributed by atoms with E-state index >= 15 is 0 Å².